The molecule has 2 aromatic heterocycles. The van der Waals surface area contributed by atoms with Crippen LogP contribution >= 0.6 is 0 Å². The van der Waals surface area contributed by atoms with E-state index < -0.39 is 23.5 Å². The molecule has 5 aromatic rings. The third-order valence-electron chi connectivity index (χ3n) is 8.42. The quantitative estimate of drug-likeness (QED) is 0.212. The number of nitrogens with zero attached hydrogens (tertiary/aromatic N) is 2. The Bertz CT molecular complexity index is 1750. The molecule has 3 saturated carbocycles. The third-order valence-corrected chi connectivity index (χ3v) is 8.42. The lowest BCUT2D eigenvalue weighted by Crippen LogP contribution is -2.51. The summed E-state index contributed by atoms with van der Waals surface area (Å²) in [6, 6.07) is 16.6. The molecule has 0 radical (unpaired) electrons. The number of para-hydroxylation sites is 2. The highest BCUT2D eigenvalue weighted by Gasteiger charge is 2.47. The zero-order valence-corrected chi connectivity index (χ0v) is 21.4. The van der Waals surface area contributed by atoms with Gasteiger partial charge in [-0.25, -0.2) is 18.7 Å². The fraction of sp³-hybridized carbons (Fsp3) is 0.258. The van der Waals surface area contributed by atoms with Crippen molar-refractivity contribution < 1.29 is 23.4 Å². The largest absolute Gasteiger partial charge is 0.481 e. The van der Waals surface area contributed by atoms with E-state index in [4.69, 9.17) is 14.7 Å². The standard InChI is InChI=1S/C31H26F2N4O3/c32-18-13-21-22(15-34-27(21)23(33)14-18)30-36-28-20(7-4-8-24(28)40-19-5-2-1-3-6-19)29(37-30)35-26-17-11-9-16(10-12-17)25(26)31(38)39/h1-8,13-17,25-26,34H,9-12H2,(H,38,39)(H,35,36,37)/t16?,17?,25-,26-/m1/s1. The van der Waals surface area contributed by atoms with E-state index in [-0.39, 0.29) is 29.2 Å². The van der Waals surface area contributed by atoms with Crippen LogP contribution < -0.4 is 10.1 Å². The normalized spacial score (nSPS) is 22.1. The molecule has 2 bridgehead atoms. The molecule has 3 aliphatic rings. The van der Waals surface area contributed by atoms with E-state index in [0.717, 1.165) is 31.7 Å². The molecule has 3 N–H and O–H groups in total. The fourth-order valence-corrected chi connectivity index (χ4v) is 6.56. The van der Waals surface area contributed by atoms with Crippen molar-refractivity contribution in [3.05, 3.63) is 78.5 Å². The van der Waals surface area contributed by atoms with Crippen molar-refractivity contribution in [1.82, 2.24) is 15.0 Å². The van der Waals surface area contributed by atoms with E-state index in [2.05, 4.69) is 10.3 Å². The van der Waals surface area contributed by atoms with Crippen molar-refractivity contribution >= 4 is 33.6 Å². The molecular weight excluding hydrogens is 514 g/mol. The van der Waals surface area contributed by atoms with Crippen LogP contribution in [0.4, 0.5) is 14.6 Å². The van der Waals surface area contributed by atoms with Crippen LogP contribution in [0.25, 0.3) is 33.2 Å². The lowest BCUT2D eigenvalue weighted by Gasteiger charge is -2.47. The van der Waals surface area contributed by atoms with Gasteiger partial charge in [0.2, 0.25) is 0 Å². The van der Waals surface area contributed by atoms with Crippen LogP contribution in [0.2, 0.25) is 0 Å². The van der Waals surface area contributed by atoms with Gasteiger partial charge in [0, 0.05) is 34.6 Å². The summed E-state index contributed by atoms with van der Waals surface area (Å²) < 4.78 is 35.0. The first kappa shape index (κ1) is 24.5. The maximum Gasteiger partial charge on any atom is 0.308 e. The molecule has 3 aliphatic carbocycles. The van der Waals surface area contributed by atoms with Gasteiger partial charge >= 0.3 is 5.97 Å². The molecule has 0 amide bonds. The minimum absolute atomic E-state index is 0.115. The number of H-pyrrole nitrogens is 1. The van der Waals surface area contributed by atoms with Crippen LogP contribution in [0.15, 0.2) is 66.9 Å². The van der Waals surface area contributed by atoms with Crippen molar-refractivity contribution in [2.24, 2.45) is 17.8 Å². The summed E-state index contributed by atoms with van der Waals surface area (Å²) >= 11 is 0. The first-order valence-electron chi connectivity index (χ1n) is 13.5. The molecule has 0 spiro atoms. The second-order valence-corrected chi connectivity index (χ2v) is 10.7. The summed E-state index contributed by atoms with van der Waals surface area (Å²) in [5.74, 6) is -0.622. The number of carboxylic acid groups (broad SMARTS) is 1. The van der Waals surface area contributed by atoms with Gasteiger partial charge < -0.3 is 20.1 Å². The Hall–Kier alpha value is -4.53. The molecule has 0 saturated heterocycles. The Morgan fingerprint density at radius 3 is 2.50 bits per heavy atom. The molecule has 9 heteroatoms. The van der Waals surface area contributed by atoms with Gasteiger partial charge in [0.1, 0.15) is 28.7 Å². The zero-order chi connectivity index (χ0) is 27.4. The van der Waals surface area contributed by atoms with Gasteiger partial charge in [0.05, 0.1) is 11.4 Å². The summed E-state index contributed by atoms with van der Waals surface area (Å²) in [7, 11) is 0. The molecule has 2 atom stereocenters. The predicted octanol–water partition coefficient (Wildman–Crippen LogP) is 7.15. The number of rotatable bonds is 6. The van der Waals surface area contributed by atoms with Crippen molar-refractivity contribution in [2.45, 2.75) is 31.7 Å². The molecule has 0 aliphatic heterocycles. The van der Waals surface area contributed by atoms with E-state index in [1.807, 2.05) is 42.5 Å². The van der Waals surface area contributed by atoms with Gasteiger partial charge in [-0.3, -0.25) is 4.79 Å². The molecule has 8 rings (SSSR count). The molecule has 3 fully saturated rings. The van der Waals surface area contributed by atoms with Crippen LogP contribution in [0.1, 0.15) is 25.7 Å². The van der Waals surface area contributed by atoms with Crippen LogP contribution in [0, 0.1) is 29.4 Å². The lowest BCUT2D eigenvalue weighted by atomic mass is 9.61. The van der Waals surface area contributed by atoms with E-state index in [1.54, 1.807) is 12.3 Å². The second-order valence-electron chi connectivity index (χ2n) is 10.7. The number of fused-ring (bicyclic) bond motifs is 5. The number of benzene rings is 3. The van der Waals surface area contributed by atoms with E-state index in [1.165, 1.54) is 6.07 Å². The fourth-order valence-electron chi connectivity index (χ4n) is 6.56. The van der Waals surface area contributed by atoms with E-state index in [0.29, 0.717) is 39.2 Å². The van der Waals surface area contributed by atoms with E-state index >= 15 is 0 Å². The lowest BCUT2D eigenvalue weighted by molar-refractivity contribution is -0.148. The number of halogens is 2. The van der Waals surface area contributed by atoms with Crippen molar-refractivity contribution in [3.8, 4) is 22.9 Å². The number of nitrogens with one attached hydrogen (secondary N) is 2. The summed E-state index contributed by atoms with van der Waals surface area (Å²) in [4.78, 5) is 24.9. The maximum atomic E-state index is 14.5. The van der Waals surface area contributed by atoms with Gasteiger partial charge in [0.25, 0.3) is 0 Å². The minimum Gasteiger partial charge on any atom is -0.481 e. The number of aliphatic carboxylic acids is 1. The van der Waals surface area contributed by atoms with Crippen molar-refractivity contribution in [3.63, 3.8) is 0 Å². The number of carbonyl (C=O) groups is 1. The number of aromatic amines is 1. The Morgan fingerprint density at radius 2 is 1.73 bits per heavy atom. The van der Waals surface area contributed by atoms with Crippen LogP contribution in [0.3, 0.4) is 0 Å². The number of hydrogen-bond donors (Lipinski definition) is 3. The second kappa shape index (κ2) is 9.59. The summed E-state index contributed by atoms with van der Waals surface area (Å²) in [5.41, 5.74) is 1.07. The van der Waals surface area contributed by atoms with Gasteiger partial charge in [-0.15, -0.1) is 0 Å². The van der Waals surface area contributed by atoms with Crippen LogP contribution in [-0.2, 0) is 4.79 Å². The predicted molar refractivity (Wildman–Crippen MR) is 147 cm³/mol. The topological polar surface area (TPSA) is 100 Å². The molecule has 40 heavy (non-hydrogen) atoms. The van der Waals surface area contributed by atoms with Gasteiger partial charge in [-0.05, 0) is 67.9 Å². The summed E-state index contributed by atoms with van der Waals surface area (Å²) in [6.07, 6.45) is 5.31. The first-order chi connectivity index (χ1) is 19.5. The van der Waals surface area contributed by atoms with Crippen LogP contribution in [-0.4, -0.2) is 32.1 Å². The smallest absolute Gasteiger partial charge is 0.308 e. The van der Waals surface area contributed by atoms with Crippen molar-refractivity contribution in [1.29, 1.82) is 0 Å². The Morgan fingerprint density at radius 1 is 0.950 bits per heavy atom. The minimum atomic E-state index is -0.804. The maximum absolute atomic E-state index is 14.5. The molecule has 202 valence electrons. The number of hydrogen-bond acceptors (Lipinski definition) is 5. The highest BCUT2D eigenvalue weighted by atomic mass is 19.1. The third kappa shape index (κ3) is 4.13. The number of aromatic nitrogens is 3. The van der Waals surface area contributed by atoms with Crippen molar-refractivity contribution in [2.75, 3.05) is 5.32 Å². The van der Waals surface area contributed by atoms with Gasteiger partial charge in [0.15, 0.2) is 11.6 Å². The Labute approximate surface area is 228 Å². The van der Waals surface area contributed by atoms with E-state index in [9.17, 15) is 18.7 Å². The first-order valence-corrected chi connectivity index (χ1v) is 13.5. The molecule has 0 unspecified atom stereocenters. The highest BCUT2D eigenvalue weighted by molar-refractivity contribution is 5.99. The monoisotopic (exact) mass is 540 g/mol. The Kier molecular flexibility index (Phi) is 5.87. The number of anilines is 1. The highest BCUT2D eigenvalue weighted by Crippen LogP contribution is 2.47. The number of ether oxygens (including phenoxy) is 1. The average molecular weight is 541 g/mol. The molecule has 2 heterocycles. The SMILES string of the molecule is O=C(O)[C@@H]1C2CCC(CC2)[C@H]1Nc1nc(-c2c[nH]c3c(F)cc(F)cc23)nc2c(Oc3ccccc3)cccc12. The van der Waals surface area contributed by atoms with Gasteiger partial charge in [-0.1, -0.05) is 24.3 Å². The summed E-state index contributed by atoms with van der Waals surface area (Å²) in [5, 5.41) is 14.6. The molecule has 3 aromatic carbocycles. The molecule has 7 nitrogen and oxygen atoms in total. The zero-order valence-electron chi connectivity index (χ0n) is 21.4. The Balaban J connectivity index is 1.41. The summed E-state index contributed by atoms with van der Waals surface area (Å²) in [6.45, 7) is 0. The number of carboxylic acids is 1. The van der Waals surface area contributed by atoms with Gasteiger partial charge in [-0.2, -0.15) is 0 Å². The van der Waals surface area contributed by atoms with Crippen LogP contribution in [0.5, 0.6) is 11.5 Å². The average Bonchev–Trinajstić information content (AvgIpc) is 3.38. The molecular formula is C31H26F2N4O3.